The van der Waals surface area contributed by atoms with Crippen molar-refractivity contribution in [1.82, 2.24) is 5.32 Å². The summed E-state index contributed by atoms with van der Waals surface area (Å²) in [5.41, 5.74) is 5.71. The summed E-state index contributed by atoms with van der Waals surface area (Å²) < 4.78 is 0. The molecule has 0 aliphatic heterocycles. The van der Waals surface area contributed by atoms with Crippen molar-refractivity contribution < 1.29 is 14.7 Å². The Morgan fingerprint density at radius 3 is 2.31 bits per heavy atom. The lowest BCUT2D eigenvalue weighted by Gasteiger charge is -2.20. The Morgan fingerprint density at radius 2 is 1.94 bits per heavy atom. The molecule has 0 aromatic rings. The Morgan fingerprint density at radius 1 is 1.38 bits per heavy atom. The van der Waals surface area contributed by atoms with E-state index in [1.807, 2.05) is 20.8 Å². The summed E-state index contributed by atoms with van der Waals surface area (Å²) in [6, 6.07) is -1.46. The fraction of sp³-hybridized carbons (Fsp3) is 0.818. The van der Waals surface area contributed by atoms with Crippen molar-refractivity contribution in [3.05, 3.63) is 0 Å². The highest BCUT2D eigenvalue weighted by atomic mass is 16.4. The third kappa shape index (κ3) is 4.61. The zero-order valence-corrected chi connectivity index (χ0v) is 10.2. The number of nitrogens with one attached hydrogen (secondary N) is 1. The number of hydrogen-bond donors (Lipinski definition) is 3. The van der Waals surface area contributed by atoms with Gasteiger partial charge in [0, 0.05) is 0 Å². The molecule has 94 valence electrons. The first-order valence-electron chi connectivity index (χ1n) is 5.72. The Hall–Kier alpha value is -1.10. The Balaban J connectivity index is 4.34. The monoisotopic (exact) mass is 230 g/mol. The quantitative estimate of drug-likeness (QED) is 0.601. The lowest BCUT2D eigenvalue weighted by atomic mass is 9.99. The van der Waals surface area contributed by atoms with Gasteiger partial charge in [0.2, 0.25) is 5.91 Å². The van der Waals surface area contributed by atoms with E-state index in [4.69, 9.17) is 10.8 Å². The Labute approximate surface area is 96.4 Å². The normalized spacial score (nSPS) is 16.2. The molecule has 0 saturated carbocycles. The standard InChI is InChI=1S/C11H22N2O3/c1-4-6-8(11(15)16)13-10(14)9(12)7(3)5-2/h7-9H,4-6,12H2,1-3H3,(H,13,14)(H,15,16)/t7-,8?,9-/m0/s1. The predicted molar refractivity (Wildman–Crippen MR) is 61.9 cm³/mol. The summed E-state index contributed by atoms with van der Waals surface area (Å²) in [5.74, 6) is -1.34. The van der Waals surface area contributed by atoms with E-state index >= 15 is 0 Å². The second kappa shape index (κ2) is 7.22. The van der Waals surface area contributed by atoms with Gasteiger partial charge in [-0.3, -0.25) is 4.79 Å². The van der Waals surface area contributed by atoms with Crippen LogP contribution in [0.3, 0.4) is 0 Å². The Kier molecular flexibility index (Phi) is 6.72. The minimum Gasteiger partial charge on any atom is -0.480 e. The molecule has 0 heterocycles. The highest BCUT2D eigenvalue weighted by Gasteiger charge is 2.24. The van der Waals surface area contributed by atoms with Crippen LogP contribution in [-0.2, 0) is 9.59 Å². The number of carbonyl (C=O) groups excluding carboxylic acids is 1. The minimum atomic E-state index is -1.01. The van der Waals surface area contributed by atoms with Crippen LogP contribution in [0.25, 0.3) is 0 Å². The van der Waals surface area contributed by atoms with Crippen LogP contribution >= 0.6 is 0 Å². The van der Waals surface area contributed by atoms with Gasteiger partial charge < -0.3 is 16.2 Å². The van der Waals surface area contributed by atoms with Gasteiger partial charge in [0.05, 0.1) is 6.04 Å². The van der Waals surface area contributed by atoms with Crippen LogP contribution in [0.2, 0.25) is 0 Å². The van der Waals surface area contributed by atoms with Gasteiger partial charge in [-0.1, -0.05) is 33.6 Å². The van der Waals surface area contributed by atoms with E-state index in [1.54, 1.807) is 0 Å². The topological polar surface area (TPSA) is 92.4 Å². The molecule has 0 saturated heterocycles. The molecule has 0 aromatic heterocycles. The van der Waals surface area contributed by atoms with Crippen LogP contribution in [0.1, 0.15) is 40.0 Å². The largest absolute Gasteiger partial charge is 0.480 e. The fourth-order valence-electron chi connectivity index (χ4n) is 1.33. The van der Waals surface area contributed by atoms with E-state index in [0.717, 1.165) is 6.42 Å². The molecule has 0 aromatic carbocycles. The third-order valence-electron chi connectivity index (χ3n) is 2.75. The second-order valence-electron chi connectivity index (χ2n) is 4.10. The molecular formula is C11H22N2O3. The molecular weight excluding hydrogens is 208 g/mol. The van der Waals surface area contributed by atoms with Gasteiger partial charge in [-0.25, -0.2) is 4.79 Å². The maximum Gasteiger partial charge on any atom is 0.326 e. The average molecular weight is 230 g/mol. The van der Waals surface area contributed by atoms with Crippen LogP contribution in [-0.4, -0.2) is 29.1 Å². The van der Waals surface area contributed by atoms with E-state index in [0.29, 0.717) is 12.8 Å². The SMILES string of the molecule is CCCC(NC(=O)[C@@H](N)[C@@H](C)CC)C(=O)O. The van der Waals surface area contributed by atoms with Crippen LogP contribution in [0.4, 0.5) is 0 Å². The fourth-order valence-corrected chi connectivity index (χ4v) is 1.33. The number of hydrogen-bond acceptors (Lipinski definition) is 3. The molecule has 3 atom stereocenters. The number of nitrogens with two attached hydrogens (primary N) is 1. The highest BCUT2D eigenvalue weighted by Crippen LogP contribution is 2.06. The van der Waals surface area contributed by atoms with Gasteiger partial charge in [-0.05, 0) is 12.3 Å². The lowest BCUT2D eigenvalue weighted by Crippen LogP contribution is -2.50. The van der Waals surface area contributed by atoms with E-state index in [-0.39, 0.29) is 11.8 Å². The number of carboxylic acid groups (broad SMARTS) is 1. The van der Waals surface area contributed by atoms with Gasteiger partial charge >= 0.3 is 5.97 Å². The van der Waals surface area contributed by atoms with Crippen molar-refractivity contribution in [3.8, 4) is 0 Å². The summed E-state index contributed by atoms with van der Waals surface area (Å²) in [6.45, 7) is 5.69. The first-order valence-corrected chi connectivity index (χ1v) is 5.72. The number of rotatable bonds is 7. The second-order valence-corrected chi connectivity index (χ2v) is 4.10. The Bertz CT molecular complexity index is 243. The highest BCUT2D eigenvalue weighted by molar-refractivity contribution is 5.86. The number of aliphatic carboxylic acids is 1. The van der Waals surface area contributed by atoms with Crippen molar-refractivity contribution in [2.75, 3.05) is 0 Å². The molecule has 16 heavy (non-hydrogen) atoms. The van der Waals surface area contributed by atoms with Gasteiger partial charge in [0.15, 0.2) is 0 Å². The van der Waals surface area contributed by atoms with Crippen LogP contribution < -0.4 is 11.1 Å². The molecule has 0 bridgehead atoms. The zero-order valence-electron chi connectivity index (χ0n) is 10.2. The van der Waals surface area contributed by atoms with Crippen molar-refractivity contribution in [1.29, 1.82) is 0 Å². The summed E-state index contributed by atoms with van der Waals surface area (Å²) in [7, 11) is 0. The molecule has 0 fully saturated rings. The van der Waals surface area contributed by atoms with Crippen molar-refractivity contribution >= 4 is 11.9 Å². The van der Waals surface area contributed by atoms with E-state index in [9.17, 15) is 9.59 Å². The lowest BCUT2D eigenvalue weighted by molar-refractivity contribution is -0.142. The van der Waals surface area contributed by atoms with Crippen molar-refractivity contribution in [3.63, 3.8) is 0 Å². The van der Waals surface area contributed by atoms with Crippen molar-refractivity contribution in [2.24, 2.45) is 11.7 Å². The van der Waals surface area contributed by atoms with Gasteiger partial charge in [-0.2, -0.15) is 0 Å². The van der Waals surface area contributed by atoms with E-state index in [2.05, 4.69) is 5.32 Å². The van der Waals surface area contributed by atoms with Gasteiger partial charge in [0.25, 0.3) is 0 Å². The molecule has 1 amide bonds. The van der Waals surface area contributed by atoms with E-state index < -0.39 is 18.1 Å². The summed E-state index contributed by atoms with van der Waals surface area (Å²) in [6.07, 6.45) is 1.92. The van der Waals surface area contributed by atoms with Crippen molar-refractivity contribution in [2.45, 2.75) is 52.1 Å². The number of carboxylic acids is 1. The molecule has 0 aliphatic carbocycles. The molecule has 1 unspecified atom stereocenters. The minimum absolute atomic E-state index is 0.0519. The predicted octanol–water partition coefficient (Wildman–Crippen LogP) is 0.729. The van der Waals surface area contributed by atoms with Crippen LogP contribution in [0, 0.1) is 5.92 Å². The molecule has 4 N–H and O–H groups in total. The first kappa shape index (κ1) is 14.9. The molecule has 0 rings (SSSR count). The van der Waals surface area contributed by atoms with Gasteiger partial charge in [-0.15, -0.1) is 0 Å². The zero-order chi connectivity index (χ0) is 12.7. The summed E-state index contributed by atoms with van der Waals surface area (Å²) in [4.78, 5) is 22.5. The smallest absolute Gasteiger partial charge is 0.326 e. The molecule has 0 aliphatic rings. The third-order valence-corrected chi connectivity index (χ3v) is 2.75. The number of carbonyl (C=O) groups is 2. The van der Waals surface area contributed by atoms with Crippen LogP contribution in [0.5, 0.6) is 0 Å². The summed E-state index contributed by atoms with van der Waals surface area (Å²) >= 11 is 0. The molecule has 0 radical (unpaired) electrons. The maximum atomic E-state index is 11.6. The van der Waals surface area contributed by atoms with Gasteiger partial charge in [0.1, 0.15) is 6.04 Å². The summed E-state index contributed by atoms with van der Waals surface area (Å²) in [5, 5.41) is 11.3. The number of amides is 1. The maximum absolute atomic E-state index is 11.6. The van der Waals surface area contributed by atoms with Crippen LogP contribution in [0.15, 0.2) is 0 Å². The molecule has 5 nitrogen and oxygen atoms in total. The first-order chi connectivity index (χ1) is 7.43. The molecule has 5 heteroatoms. The van der Waals surface area contributed by atoms with E-state index in [1.165, 1.54) is 0 Å². The molecule has 0 spiro atoms. The average Bonchev–Trinajstić information content (AvgIpc) is 2.25.